The van der Waals surface area contributed by atoms with Crippen molar-refractivity contribution in [3.63, 3.8) is 0 Å². The average molecular weight is 299 g/mol. The van der Waals surface area contributed by atoms with Crippen LogP contribution in [0.5, 0.6) is 0 Å². The van der Waals surface area contributed by atoms with E-state index in [2.05, 4.69) is 6.92 Å². The zero-order valence-electron chi connectivity index (χ0n) is 12.1. The summed E-state index contributed by atoms with van der Waals surface area (Å²) in [6.07, 6.45) is 8.65. The first kappa shape index (κ1) is 21.4. The van der Waals surface area contributed by atoms with Gasteiger partial charge in [-0.3, -0.25) is 4.79 Å². The Kier molecular flexibility index (Phi) is 13.4. The predicted molar refractivity (Wildman–Crippen MR) is 70.1 cm³/mol. The van der Waals surface area contributed by atoms with Gasteiger partial charge in [-0.1, -0.05) is 32.3 Å². The SMILES string of the molecule is CCCCCC/C=C/C(=O)N(C)CCS(=O)(=O)[O-].[Na+]. The molecule has 0 aromatic rings. The molecule has 106 valence electrons. The number of carbonyl (C=O) groups is 1. The Labute approximate surface area is 138 Å². The van der Waals surface area contributed by atoms with Crippen molar-refractivity contribution in [1.82, 2.24) is 4.90 Å². The van der Waals surface area contributed by atoms with Crippen LogP contribution in [0.4, 0.5) is 0 Å². The summed E-state index contributed by atoms with van der Waals surface area (Å²) in [6.45, 7) is 2.07. The van der Waals surface area contributed by atoms with E-state index in [1.165, 1.54) is 30.9 Å². The third-order valence-corrected chi connectivity index (χ3v) is 3.22. The maximum absolute atomic E-state index is 11.5. The molecule has 0 unspecified atom stereocenters. The number of amides is 1. The molecule has 0 aliphatic rings. The summed E-state index contributed by atoms with van der Waals surface area (Å²) in [5.41, 5.74) is 0. The Balaban J connectivity index is 0. The molecule has 1 amide bonds. The van der Waals surface area contributed by atoms with Gasteiger partial charge in [-0.15, -0.1) is 0 Å². The number of unbranched alkanes of at least 4 members (excludes halogenated alkanes) is 4. The van der Waals surface area contributed by atoms with E-state index in [4.69, 9.17) is 0 Å². The van der Waals surface area contributed by atoms with Crippen molar-refractivity contribution in [2.24, 2.45) is 0 Å². The fourth-order valence-corrected chi connectivity index (χ4v) is 1.86. The van der Waals surface area contributed by atoms with Crippen LogP contribution in [0, 0.1) is 0 Å². The monoisotopic (exact) mass is 299 g/mol. The standard InChI is InChI=1S/C12H23NO4S.Na/c1-3-4-5-6-7-8-9-12(14)13(2)10-11-18(15,16)17;/h8-9H,3-7,10-11H2,1-2H3,(H,15,16,17);/q;+1/p-1/b9-8+;. The van der Waals surface area contributed by atoms with E-state index in [1.807, 2.05) is 0 Å². The van der Waals surface area contributed by atoms with Crippen LogP contribution in [-0.2, 0) is 14.9 Å². The number of carbonyl (C=O) groups excluding carboxylic acids is 1. The largest absolute Gasteiger partial charge is 1.00 e. The molecule has 0 atom stereocenters. The van der Waals surface area contributed by atoms with Crippen LogP contribution in [-0.4, -0.2) is 43.1 Å². The summed E-state index contributed by atoms with van der Waals surface area (Å²) in [6, 6.07) is 0. The Bertz CT molecular complexity index is 368. The van der Waals surface area contributed by atoms with Gasteiger partial charge in [-0.2, -0.15) is 0 Å². The third kappa shape index (κ3) is 14.3. The number of rotatable bonds is 9. The maximum Gasteiger partial charge on any atom is 1.00 e. The topological polar surface area (TPSA) is 77.5 Å². The number of allylic oxidation sites excluding steroid dienone is 1. The zero-order valence-corrected chi connectivity index (χ0v) is 14.9. The molecule has 7 heteroatoms. The molecule has 0 spiro atoms. The van der Waals surface area contributed by atoms with Crippen molar-refractivity contribution in [3.05, 3.63) is 12.2 Å². The van der Waals surface area contributed by atoms with Gasteiger partial charge < -0.3 is 9.45 Å². The van der Waals surface area contributed by atoms with E-state index < -0.39 is 15.9 Å². The van der Waals surface area contributed by atoms with E-state index in [1.54, 1.807) is 6.08 Å². The molecule has 0 fully saturated rings. The van der Waals surface area contributed by atoms with E-state index in [9.17, 15) is 17.8 Å². The first-order valence-corrected chi connectivity index (χ1v) is 7.79. The second-order valence-corrected chi connectivity index (χ2v) is 5.80. The van der Waals surface area contributed by atoms with Crippen molar-refractivity contribution in [1.29, 1.82) is 0 Å². The molecule has 0 saturated heterocycles. The zero-order chi connectivity index (χ0) is 14.0. The second kappa shape index (κ2) is 11.9. The van der Waals surface area contributed by atoms with Crippen molar-refractivity contribution < 1.29 is 47.3 Å². The molecule has 0 aliphatic heterocycles. The van der Waals surface area contributed by atoms with Crippen molar-refractivity contribution in [2.75, 3.05) is 19.3 Å². The third-order valence-electron chi connectivity index (χ3n) is 2.54. The van der Waals surface area contributed by atoms with Gasteiger partial charge in [0.1, 0.15) is 0 Å². The molecule has 0 aliphatic carbocycles. The molecule has 0 radical (unpaired) electrons. The Morgan fingerprint density at radius 1 is 1.26 bits per heavy atom. The molecule has 5 nitrogen and oxygen atoms in total. The first-order valence-electron chi connectivity index (χ1n) is 6.22. The second-order valence-electron chi connectivity index (χ2n) is 4.27. The van der Waals surface area contributed by atoms with Crippen LogP contribution in [0.15, 0.2) is 12.2 Å². The van der Waals surface area contributed by atoms with E-state index in [0.717, 1.165) is 19.3 Å². The van der Waals surface area contributed by atoms with Crippen LogP contribution in [0.25, 0.3) is 0 Å². The number of hydrogen-bond donors (Lipinski definition) is 0. The Hall–Kier alpha value is 0.120. The molecular weight excluding hydrogens is 277 g/mol. The minimum Gasteiger partial charge on any atom is -0.748 e. The Morgan fingerprint density at radius 2 is 1.89 bits per heavy atom. The fourth-order valence-electron chi connectivity index (χ4n) is 1.36. The minimum atomic E-state index is -4.26. The first-order chi connectivity index (χ1) is 8.37. The summed E-state index contributed by atoms with van der Waals surface area (Å²) in [5, 5.41) is 0. The minimum absolute atomic E-state index is 0. The van der Waals surface area contributed by atoms with Crippen LogP contribution in [0.2, 0.25) is 0 Å². The average Bonchev–Trinajstić information content (AvgIpc) is 2.29. The summed E-state index contributed by atoms with van der Waals surface area (Å²) in [5.74, 6) is -0.811. The summed E-state index contributed by atoms with van der Waals surface area (Å²) >= 11 is 0. The van der Waals surface area contributed by atoms with E-state index >= 15 is 0 Å². The molecule has 0 heterocycles. The van der Waals surface area contributed by atoms with E-state index in [-0.39, 0.29) is 42.0 Å². The van der Waals surface area contributed by atoms with Crippen molar-refractivity contribution >= 4 is 16.0 Å². The smallest absolute Gasteiger partial charge is 0.748 e. The summed E-state index contributed by atoms with van der Waals surface area (Å²) in [4.78, 5) is 12.7. The molecule has 0 saturated carbocycles. The maximum atomic E-state index is 11.5. The summed E-state index contributed by atoms with van der Waals surface area (Å²) in [7, 11) is -2.78. The molecule has 19 heavy (non-hydrogen) atoms. The molecule has 0 rings (SSSR count). The Morgan fingerprint density at radius 3 is 2.42 bits per heavy atom. The number of hydrogen-bond acceptors (Lipinski definition) is 4. The molecule has 0 bridgehead atoms. The number of nitrogens with zero attached hydrogens (tertiary/aromatic N) is 1. The van der Waals surface area contributed by atoms with E-state index in [0.29, 0.717) is 0 Å². The van der Waals surface area contributed by atoms with Crippen molar-refractivity contribution in [3.8, 4) is 0 Å². The van der Waals surface area contributed by atoms with Gasteiger partial charge in [-0.05, 0) is 18.9 Å². The normalized spacial score (nSPS) is 11.3. The van der Waals surface area contributed by atoms with Crippen molar-refractivity contribution in [2.45, 2.75) is 39.0 Å². The molecular formula is C12H22NNaO4S. The number of likely N-dealkylation sites (N-methyl/N-ethyl adjacent to an activating group) is 1. The van der Waals surface area contributed by atoms with Gasteiger partial charge in [0.15, 0.2) is 0 Å². The van der Waals surface area contributed by atoms with Crippen LogP contribution >= 0.6 is 0 Å². The van der Waals surface area contributed by atoms with Crippen LogP contribution in [0.1, 0.15) is 39.0 Å². The van der Waals surface area contributed by atoms with Gasteiger partial charge in [-0.25, -0.2) is 8.42 Å². The quantitative estimate of drug-likeness (QED) is 0.225. The van der Waals surface area contributed by atoms with Crippen LogP contribution < -0.4 is 29.6 Å². The van der Waals surface area contributed by atoms with Crippen LogP contribution in [0.3, 0.4) is 0 Å². The van der Waals surface area contributed by atoms with Gasteiger partial charge in [0.25, 0.3) is 0 Å². The van der Waals surface area contributed by atoms with Gasteiger partial charge in [0.05, 0.1) is 15.9 Å². The predicted octanol–water partition coefficient (Wildman–Crippen LogP) is -1.48. The summed E-state index contributed by atoms with van der Waals surface area (Å²) < 4.78 is 31.2. The molecule has 0 aromatic carbocycles. The fraction of sp³-hybridized carbons (Fsp3) is 0.750. The molecule has 0 aromatic heterocycles. The molecule has 0 N–H and O–H groups in total. The van der Waals surface area contributed by atoms with Gasteiger partial charge >= 0.3 is 29.6 Å². The van der Waals surface area contributed by atoms with Gasteiger partial charge in [0.2, 0.25) is 5.91 Å². The van der Waals surface area contributed by atoms with Gasteiger partial charge in [0, 0.05) is 13.6 Å².